The molecule has 0 atom stereocenters. The van der Waals surface area contributed by atoms with Crippen LogP contribution in [0.25, 0.3) is 22.4 Å². The quantitative estimate of drug-likeness (QED) is 0.736. The highest BCUT2D eigenvalue weighted by Crippen LogP contribution is 2.34. The van der Waals surface area contributed by atoms with Gasteiger partial charge in [0, 0.05) is 29.6 Å². The van der Waals surface area contributed by atoms with E-state index in [1.807, 2.05) is 31.2 Å². The van der Waals surface area contributed by atoms with Crippen LogP contribution in [0, 0.1) is 6.92 Å². The zero-order chi connectivity index (χ0) is 13.5. The third-order valence-corrected chi connectivity index (χ3v) is 3.41. The number of rotatable bonds is 1. The Hall–Kier alpha value is -2.56. The van der Waals surface area contributed by atoms with Gasteiger partial charge in [-0.3, -0.25) is 4.98 Å². The average molecular weight is 267 g/mol. The first-order chi connectivity index (χ1) is 9.81. The van der Waals surface area contributed by atoms with Crippen molar-refractivity contribution in [1.82, 2.24) is 15.0 Å². The number of hydrogen-bond acceptors (Lipinski definition) is 4. The number of pyridine rings is 1. The lowest BCUT2D eigenvalue weighted by Crippen LogP contribution is -2.15. The van der Waals surface area contributed by atoms with Crippen molar-refractivity contribution in [2.75, 3.05) is 13.2 Å². The Kier molecular flexibility index (Phi) is 2.39. The molecule has 0 saturated carbocycles. The summed E-state index contributed by atoms with van der Waals surface area (Å²) in [6, 6.07) is 7.77. The van der Waals surface area contributed by atoms with Gasteiger partial charge in [0.1, 0.15) is 19.0 Å². The molecular formula is C15H13N3O2. The van der Waals surface area contributed by atoms with E-state index in [2.05, 4.69) is 15.0 Å². The van der Waals surface area contributed by atoms with Crippen molar-refractivity contribution in [3.8, 4) is 22.9 Å². The third-order valence-electron chi connectivity index (χ3n) is 3.41. The van der Waals surface area contributed by atoms with Gasteiger partial charge in [-0.05, 0) is 19.1 Å². The number of imidazole rings is 1. The fourth-order valence-electron chi connectivity index (χ4n) is 2.41. The van der Waals surface area contributed by atoms with Crippen LogP contribution in [0.1, 0.15) is 5.69 Å². The Balaban J connectivity index is 1.89. The largest absolute Gasteiger partial charge is 0.486 e. The third kappa shape index (κ3) is 1.71. The molecule has 1 aliphatic rings. The van der Waals surface area contributed by atoms with Crippen molar-refractivity contribution in [2.45, 2.75) is 6.92 Å². The van der Waals surface area contributed by atoms with E-state index in [9.17, 15) is 0 Å². The molecule has 0 radical (unpaired) electrons. The van der Waals surface area contributed by atoms with Crippen molar-refractivity contribution in [1.29, 1.82) is 0 Å². The van der Waals surface area contributed by atoms with Gasteiger partial charge in [-0.25, -0.2) is 4.98 Å². The number of aryl methyl sites for hydroxylation is 1. The van der Waals surface area contributed by atoms with E-state index in [1.165, 1.54) is 0 Å². The molecule has 0 bridgehead atoms. The van der Waals surface area contributed by atoms with Crippen molar-refractivity contribution in [2.24, 2.45) is 0 Å². The number of benzene rings is 1. The van der Waals surface area contributed by atoms with Gasteiger partial charge >= 0.3 is 0 Å². The van der Waals surface area contributed by atoms with E-state index in [1.54, 1.807) is 6.20 Å². The van der Waals surface area contributed by atoms with Gasteiger partial charge < -0.3 is 14.5 Å². The van der Waals surface area contributed by atoms with Crippen LogP contribution in [0.3, 0.4) is 0 Å². The first-order valence-electron chi connectivity index (χ1n) is 6.52. The molecule has 5 nitrogen and oxygen atoms in total. The van der Waals surface area contributed by atoms with Crippen molar-refractivity contribution < 1.29 is 9.47 Å². The highest BCUT2D eigenvalue weighted by atomic mass is 16.6. The lowest BCUT2D eigenvalue weighted by molar-refractivity contribution is 0.172. The molecular weight excluding hydrogens is 254 g/mol. The maximum atomic E-state index is 5.59. The second-order valence-corrected chi connectivity index (χ2v) is 4.73. The van der Waals surface area contributed by atoms with Crippen LogP contribution in [0.15, 0.2) is 30.5 Å². The summed E-state index contributed by atoms with van der Waals surface area (Å²) in [4.78, 5) is 12.2. The molecule has 100 valence electrons. The van der Waals surface area contributed by atoms with Gasteiger partial charge in [0.2, 0.25) is 0 Å². The number of aromatic nitrogens is 3. The lowest BCUT2D eigenvalue weighted by Gasteiger charge is -2.17. The Morgan fingerprint density at radius 3 is 2.75 bits per heavy atom. The average Bonchev–Trinajstić information content (AvgIpc) is 2.87. The van der Waals surface area contributed by atoms with Gasteiger partial charge in [0.15, 0.2) is 11.5 Å². The Labute approximate surface area is 115 Å². The van der Waals surface area contributed by atoms with Crippen molar-refractivity contribution in [3.05, 3.63) is 36.2 Å². The fraction of sp³-hybridized carbons (Fsp3) is 0.200. The molecule has 1 N–H and O–H groups in total. The molecule has 1 aromatic carbocycles. The molecule has 4 rings (SSSR count). The number of H-pyrrole nitrogens is 1. The van der Waals surface area contributed by atoms with E-state index < -0.39 is 0 Å². The summed E-state index contributed by atoms with van der Waals surface area (Å²) < 4.78 is 11.2. The monoisotopic (exact) mass is 267 g/mol. The second kappa shape index (κ2) is 4.23. The smallest absolute Gasteiger partial charge is 0.163 e. The summed E-state index contributed by atoms with van der Waals surface area (Å²) in [6.45, 7) is 3.14. The molecule has 2 aromatic heterocycles. The number of nitrogens with one attached hydrogen (secondary N) is 1. The molecule has 0 aliphatic carbocycles. The normalized spacial score (nSPS) is 13.7. The molecule has 0 fully saturated rings. The van der Waals surface area contributed by atoms with E-state index in [4.69, 9.17) is 9.47 Å². The summed E-state index contributed by atoms with van der Waals surface area (Å²) >= 11 is 0. The van der Waals surface area contributed by atoms with E-state index in [-0.39, 0.29) is 0 Å². The van der Waals surface area contributed by atoms with Gasteiger partial charge in [0.05, 0.1) is 11.0 Å². The van der Waals surface area contributed by atoms with Gasteiger partial charge in [-0.1, -0.05) is 0 Å². The van der Waals surface area contributed by atoms with E-state index in [0.29, 0.717) is 13.2 Å². The minimum absolute atomic E-state index is 0.581. The standard InChI is InChI=1S/C15H13N3O2/c1-9-10(3-2-4-16-9)15-17-11-7-13-14(8-12(11)18-15)20-6-5-19-13/h2-4,7-8H,5-6H2,1H3,(H,17,18). The Morgan fingerprint density at radius 2 is 1.95 bits per heavy atom. The SMILES string of the molecule is Cc1ncccc1-c1nc2cc3c(cc2[nH]1)OCCO3. The van der Waals surface area contributed by atoms with E-state index in [0.717, 1.165) is 39.6 Å². The highest BCUT2D eigenvalue weighted by Gasteiger charge is 2.15. The Morgan fingerprint density at radius 1 is 1.15 bits per heavy atom. The molecule has 1 aliphatic heterocycles. The molecule has 5 heteroatoms. The van der Waals surface area contributed by atoms with Gasteiger partial charge in [0.25, 0.3) is 0 Å². The molecule has 3 heterocycles. The van der Waals surface area contributed by atoms with Crippen LogP contribution in [0.2, 0.25) is 0 Å². The zero-order valence-electron chi connectivity index (χ0n) is 11.0. The second-order valence-electron chi connectivity index (χ2n) is 4.73. The molecule has 0 amide bonds. The molecule has 3 aromatic rings. The predicted octanol–water partition coefficient (Wildman–Crippen LogP) is 2.70. The van der Waals surface area contributed by atoms with Crippen LogP contribution in [-0.2, 0) is 0 Å². The summed E-state index contributed by atoms with van der Waals surface area (Å²) in [7, 11) is 0. The van der Waals surface area contributed by atoms with Crippen molar-refractivity contribution in [3.63, 3.8) is 0 Å². The van der Waals surface area contributed by atoms with Gasteiger partial charge in [-0.15, -0.1) is 0 Å². The maximum absolute atomic E-state index is 5.59. The summed E-state index contributed by atoms with van der Waals surface area (Å²) in [5.74, 6) is 2.33. The van der Waals surface area contributed by atoms with Crippen LogP contribution < -0.4 is 9.47 Å². The zero-order valence-corrected chi connectivity index (χ0v) is 11.0. The fourth-order valence-corrected chi connectivity index (χ4v) is 2.41. The number of aromatic amines is 1. The first-order valence-corrected chi connectivity index (χ1v) is 6.52. The maximum Gasteiger partial charge on any atom is 0.163 e. The van der Waals surface area contributed by atoms with Crippen molar-refractivity contribution >= 4 is 11.0 Å². The lowest BCUT2D eigenvalue weighted by atomic mass is 10.2. The van der Waals surface area contributed by atoms with Crippen LogP contribution in [0.5, 0.6) is 11.5 Å². The topological polar surface area (TPSA) is 60.0 Å². The van der Waals surface area contributed by atoms with Crippen LogP contribution in [-0.4, -0.2) is 28.2 Å². The first kappa shape index (κ1) is 11.3. The van der Waals surface area contributed by atoms with Gasteiger partial charge in [-0.2, -0.15) is 0 Å². The molecule has 0 saturated heterocycles. The molecule has 20 heavy (non-hydrogen) atoms. The Bertz CT molecular complexity index is 752. The number of fused-ring (bicyclic) bond motifs is 2. The molecule has 0 unspecified atom stereocenters. The van der Waals surface area contributed by atoms with E-state index >= 15 is 0 Å². The number of nitrogens with zero attached hydrogens (tertiary/aromatic N) is 2. The number of hydrogen-bond donors (Lipinski definition) is 1. The summed E-state index contributed by atoms with van der Waals surface area (Å²) in [6.07, 6.45) is 1.78. The number of ether oxygens (including phenoxy) is 2. The minimum atomic E-state index is 0.581. The van der Waals surface area contributed by atoms with Crippen LogP contribution >= 0.6 is 0 Å². The predicted molar refractivity (Wildman–Crippen MR) is 75.1 cm³/mol. The molecule has 0 spiro atoms. The summed E-state index contributed by atoms with van der Waals surface area (Å²) in [5, 5.41) is 0. The minimum Gasteiger partial charge on any atom is -0.486 e. The van der Waals surface area contributed by atoms with Crippen LogP contribution in [0.4, 0.5) is 0 Å². The summed E-state index contributed by atoms with van der Waals surface area (Å²) in [5.41, 5.74) is 3.76. The highest BCUT2D eigenvalue weighted by molar-refractivity contribution is 5.83.